The lowest BCUT2D eigenvalue weighted by molar-refractivity contribution is 0.0939. The van der Waals surface area contributed by atoms with E-state index in [4.69, 9.17) is 0 Å². The molecule has 27 heavy (non-hydrogen) atoms. The summed E-state index contributed by atoms with van der Waals surface area (Å²) in [7, 11) is -3.89. The number of hydrazine groups is 1. The van der Waals surface area contributed by atoms with Crippen molar-refractivity contribution >= 4 is 21.6 Å². The molecule has 140 valence electrons. The number of carbonyl (C=O) groups is 1. The van der Waals surface area contributed by atoms with Gasteiger partial charge in [0.25, 0.3) is 15.9 Å². The van der Waals surface area contributed by atoms with Crippen molar-refractivity contribution in [2.24, 2.45) is 0 Å². The van der Waals surface area contributed by atoms with Crippen LogP contribution in [-0.2, 0) is 10.0 Å². The van der Waals surface area contributed by atoms with Gasteiger partial charge in [-0.2, -0.15) is 4.79 Å². The largest absolute Gasteiger partial charge is 0.288 e. The van der Waals surface area contributed by atoms with Crippen molar-refractivity contribution in [1.29, 1.82) is 0 Å². The second-order valence-corrected chi connectivity index (χ2v) is 7.47. The van der Waals surface area contributed by atoms with Crippen LogP contribution in [0.4, 0.5) is 5.69 Å². The van der Waals surface area contributed by atoms with Crippen LogP contribution in [0.3, 0.4) is 0 Å². The molecule has 3 rings (SSSR count). The Kier molecular flexibility index (Phi) is 5.19. The quantitative estimate of drug-likeness (QED) is 0.551. The average Bonchev–Trinajstić information content (AvgIpc) is 3.01. The number of rotatable bonds is 6. The van der Waals surface area contributed by atoms with Gasteiger partial charge in [-0.05, 0) is 43.3 Å². The minimum Gasteiger partial charge on any atom is -0.277 e. The molecule has 3 N–H and O–H groups in total. The predicted molar refractivity (Wildman–Crippen MR) is 99.2 cm³/mol. The Morgan fingerprint density at radius 2 is 1.67 bits per heavy atom. The second kappa shape index (κ2) is 7.56. The zero-order chi connectivity index (χ0) is 19.4. The van der Waals surface area contributed by atoms with Crippen LogP contribution in [0.2, 0.25) is 0 Å². The number of sulfonamides is 1. The second-order valence-electron chi connectivity index (χ2n) is 5.79. The molecule has 10 heteroatoms. The molecule has 9 nitrogen and oxygen atoms in total. The molecule has 0 bridgehead atoms. The highest BCUT2D eigenvalue weighted by molar-refractivity contribution is 7.89. The van der Waals surface area contributed by atoms with Crippen molar-refractivity contribution in [3.05, 3.63) is 71.5 Å². The Morgan fingerprint density at radius 1 is 1.00 bits per heavy atom. The maximum atomic E-state index is 12.3. The standard InChI is InChI=1S/C17H18N6O3S/c1-12-8-10-15(11-9-12)27(25,26)22-19-17(24)16-13(2)23(21-18-16)20-14-6-4-3-5-7-14/h3-11,20,22H,1-2H3,(H,19,24). The molecule has 2 aromatic carbocycles. The van der Waals surface area contributed by atoms with E-state index in [1.165, 1.54) is 16.9 Å². The summed E-state index contributed by atoms with van der Waals surface area (Å²) in [5, 5.41) is 7.66. The summed E-state index contributed by atoms with van der Waals surface area (Å²) in [5.74, 6) is -0.718. The Morgan fingerprint density at radius 3 is 2.33 bits per heavy atom. The number of benzene rings is 2. The first-order chi connectivity index (χ1) is 12.9. The summed E-state index contributed by atoms with van der Waals surface area (Å²) in [6.45, 7) is 3.49. The SMILES string of the molecule is Cc1ccc(S(=O)(=O)NNC(=O)c2nnn(Nc3ccccc3)c2C)cc1. The highest BCUT2D eigenvalue weighted by Crippen LogP contribution is 2.10. The number of nitrogens with zero attached hydrogens (tertiary/aromatic N) is 3. The number of carbonyl (C=O) groups excluding carboxylic acids is 1. The lowest BCUT2D eigenvalue weighted by Gasteiger charge is -2.09. The molecular weight excluding hydrogens is 368 g/mol. The molecule has 1 aromatic heterocycles. The van der Waals surface area contributed by atoms with Crippen molar-refractivity contribution in [3.8, 4) is 0 Å². The normalized spacial score (nSPS) is 11.2. The Bertz CT molecular complexity index is 1050. The Hall–Kier alpha value is -3.24. The summed E-state index contributed by atoms with van der Waals surface area (Å²) in [4.78, 5) is 15.7. The fraction of sp³-hybridized carbons (Fsp3) is 0.118. The van der Waals surface area contributed by atoms with Crippen LogP contribution in [0.25, 0.3) is 0 Å². The zero-order valence-electron chi connectivity index (χ0n) is 14.7. The number of para-hydroxylation sites is 1. The number of hydrogen-bond acceptors (Lipinski definition) is 6. The molecule has 0 unspecified atom stereocenters. The van der Waals surface area contributed by atoms with Gasteiger partial charge in [-0.25, -0.2) is 8.42 Å². The fourth-order valence-corrected chi connectivity index (χ4v) is 3.07. The van der Waals surface area contributed by atoms with E-state index in [2.05, 4.69) is 26.0 Å². The van der Waals surface area contributed by atoms with Crippen molar-refractivity contribution in [2.75, 3.05) is 5.43 Å². The average molecular weight is 386 g/mol. The highest BCUT2D eigenvalue weighted by atomic mass is 32.2. The van der Waals surface area contributed by atoms with Crippen molar-refractivity contribution in [2.45, 2.75) is 18.7 Å². The van der Waals surface area contributed by atoms with Crippen LogP contribution in [0.1, 0.15) is 21.7 Å². The molecule has 0 aliphatic heterocycles. The first kappa shape index (κ1) is 18.5. The van der Waals surface area contributed by atoms with E-state index in [0.717, 1.165) is 11.3 Å². The van der Waals surface area contributed by atoms with Gasteiger partial charge in [-0.3, -0.25) is 15.6 Å². The lowest BCUT2D eigenvalue weighted by Crippen LogP contribution is -2.42. The highest BCUT2D eigenvalue weighted by Gasteiger charge is 2.20. The molecule has 0 spiro atoms. The monoisotopic (exact) mass is 386 g/mol. The van der Waals surface area contributed by atoms with Crippen molar-refractivity contribution in [3.63, 3.8) is 0 Å². The first-order valence-electron chi connectivity index (χ1n) is 8.00. The number of aryl methyl sites for hydroxylation is 1. The van der Waals surface area contributed by atoms with Gasteiger partial charge in [-0.15, -0.1) is 9.93 Å². The smallest absolute Gasteiger partial charge is 0.277 e. The molecule has 0 fully saturated rings. The molecule has 3 aromatic rings. The van der Waals surface area contributed by atoms with Gasteiger partial charge < -0.3 is 0 Å². The van der Waals surface area contributed by atoms with E-state index < -0.39 is 15.9 Å². The van der Waals surface area contributed by atoms with Gasteiger partial charge in [-0.1, -0.05) is 35.9 Å². The Labute approximate surface area is 156 Å². The van der Waals surface area contributed by atoms with E-state index in [-0.39, 0.29) is 10.6 Å². The number of aromatic nitrogens is 3. The topological polar surface area (TPSA) is 118 Å². The fourth-order valence-electron chi connectivity index (χ4n) is 2.23. The van der Waals surface area contributed by atoms with E-state index in [9.17, 15) is 13.2 Å². The molecule has 0 atom stereocenters. The summed E-state index contributed by atoms with van der Waals surface area (Å²) in [6.07, 6.45) is 0. The zero-order valence-corrected chi connectivity index (χ0v) is 15.5. The summed E-state index contributed by atoms with van der Waals surface area (Å²) >= 11 is 0. The van der Waals surface area contributed by atoms with Crippen LogP contribution in [0.15, 0.2) is 59.5 Å². The van der Waals surface area contributed by atoms with Gasteiger partial charge in [0.05, 0.1) is 16.3 Å². The molecule has 0 aliphatic carbocycles. The van der Waals surface area contributed by atoms with E-state index in [1.807, 2.05) is 37.3 Å². The summed E-state index contributed by atoms with van der Waals surface area (Å²) < 4.78 is 24.5. The third-order valence-electron chi connectivity index (χ3n) is 3.75. The third-order valence-corrected chi connectivity index (χ3v) is 5.01. The van der Waals surface area contributed by atoms with Gasteiger partial charge >= 0.3 is 0 Å². The van der Waals surface area contributed by atoms with E-state index in [0.29, 0.717) is 5.69 Å². The van der Waals surface area contributed by atoms with Crippen LogP contribution in [0.5, 0.6) is 0 Å². The van der Waals surface area contributed by atoms with Crippen molar-refractivity contribution < 1.29 is 13.2 Å². The van der Waals surface area contributed by atoms with Crippen LogP contribution in [0, 0.1) is 13.8 Å². The van der Waals surface area contributed by atoms with Gasteiger partial charge in [0.15, 0.2) is 5.69 Å². The number of amides is 1. The van der Waals surface area contributed by atoms with Crippen molar-refractivity contribution in [1.82, 2.24) is 25.4 Å². The van der Waals surface area contributed by atoms with Gasteiger partial charge in [0.1, 0.15) is 0 Å². The number of hydrogen-bond donors (Lipinski definition) is 3. The third kappa shape index (κ3) is 4.30. The van der Waals surface area contributed by atoms with Crippen LogP contribution >= 0.6 is 0 Å². The molecule has 1 heterocycles. The molecule has 1 amide bonds. The van der Waals surface area contributed by atoms with Gasteiger partial charge in [0, 0.05) is 0 Å². The maximum Gasteiger partial charge on any atom is 0.288 e. The van der Waals surface area contributed by atoms with E-state index >= 15 is 0 Å². The summed E-state index contributed by atoms with van der Waals surface area (Å²) in [5.41, 5.74) is 7.23. The van der Waals surface area contributed by atoms with Crippen LogP contribution < -0.4 is 15.7 Å². The van der Waals surface area contributed by atoms with Gasteiger partial charge in [0.2, 0.25) is 0 Å². The summed E-state index contributed by atoms with van der Waals surface area (Å²) in [6, 6.07) is 15.5. The molecular formula is C17H18N6O3S. The molecule has 0 aliphatic rings. The first-order valence-corrected chi connectivity index (χ1v) is 9.48. The number of anilines is 1. The molecule has 0 radical (unpaired) electrons. The molecule has 0 saturated heterocycles. The van der Waals surface area contributed by atoms with E-state index in [1.54, 1.807) is 19.1 Å². The number of nitrogens with one attached hydrogen (secondary N) is 3. The lowest BCUT2D eigenvalue weighted by atomic mass is 10.2. The minimum atomic E-state index is -3.89. The minimum absolute atomic E-state index is 0.00922. The predicted octanol–water partition coefficient (Wildman–Crippen LogP) is 1.39. The molecule has 0 saturated carbocycles. The van der Waals surface area contributed by atoms with Crippen LogP contribution in [-0.4, -0.2) is 29.4 Å². The maximum absolute atomic E-state index is 12.3. The Balaban J connectivity index is 1.69.